The Morgan fingerprint density at radius 2 is 1.94 bits per heavy atom. The number of rotatable bonds is 4. The molecule has 104 valence electrons. The summed E-state index contributed by atoms with van der Waals surface area (Å²) in [5.41, 5.74) is -2.75. The van der Waals surface area contributed by atoms with Crippen molar-refractivity contribution in [2.75, 3.05) is 13.5 Å². The highest BCUT2D eigenvalue weighted by atomic mass is 31.2. The summed E-state index contributed by atoms with van der Waals surface area (Å²) in [7, 11) is -2.59. The number of aliphatic hydroxyl groups is 3. The second-order valence-corrected chi connectivity index (χ2v) is 5.95. The van der Waals surface area contributed by atoms with E-state index in [-0.39, 0.29) is 0 Å². The summed E-state index contributed by atoms with van der Waals surface area (Å²) in [6.45, 7) is 0.654. The van der Waals surface area contributed by atoms with E-state index in [2.05, 4.69) is 19.0 Å². The number of carbonyl (C=O) groups is 2. The van der Waals surface area contributed by atoms with Gasteiger partial charge in [0.25, 0.3) is 5.79 Å². The van der Waals surface area contributed by atoms with Crippen LogP contribution in [0.3, 0.4) is 0 Å². The molecule has 0 amide bonds. The minimum atomic E-state index is -3.75. The van der Waals surface area contributed by atoms with Gasteiger partial charge in [-0.2, -0.15) is 0 Å². The van der Waals surface area contributed by atoms with Gasteiger partial charge in [0.2, 0.25) is 0 Å². The second kappa shape index (κ2) is 4.57. The first-order valence-electron chi connectivity index (χ1n) is 4.46. The van der Waals surface area contributed by atoms with Crippen LogP contribution in [0.4, 0.5) is 0 Å². The third-order valence-electron chi connectivity index (χ3n) is 1.85. The first-order chi connectivity index (χ1) is 8.07. The molecule has 1 aliphatic rings. The smallest absolute Gasteiger partial charge is 0.374 e. The molecule has 2 atom stereocenters. The minimum Gasteiger partial charge on any atom is -0.374 e. The Morgan fingerprint density at radius 3 is 2.39 bits per heavy atom. The van der Waals surface area contributed by atoms with E-state index in [4.69, 9.17) is 10.2 Å². The van der Waals surface area contributed by atoms with Gasteiger partial charge in [0.1, 0.15) is 6.35 Å². The molecular formula is C7H11O10P. The van der Waals surface area contributed by atoms with Gasteiger partial charge in [-0.05, 0) is 0 Å². The van der Waals surface area contributed by atoms with E-state index in [0.717, 1.165) is 7.11 Å². The maximum atomic E-state index is 11.5. The Labute approximate surface area is 100 Å². The highest BCUT2D eigenvalue weighted by Gasteiger charge is 2.75. The van der Waals surface area contributed by atoms with Crippen LogP contribution in [0.1, 0.15) is 6.92 Å². The molecular weight excluding hydrogens is 275 g/mol. The van der Waals surface area contributed by atoms with Crippen LogP contribution < -0.4 is 0 Å². The van der Waals surface area contributed by atoms with Crippen molar-refractivity contribution in [3.05, 3.63) is 0 Å². The van der Waals surface area contributed by atoms with Crippen LogP contribution in [-0.4, -0.2) is 52.0 Å². The molecule has 0 bridgehead atoms. The highest BCUT2D eigenvalue weighted by molar-refractivity contribution is 7.67. The summed E-state index contributed by atoms with van der Waals surface area (Å²) in [4.78, 5) is 29.5. The fourth-order valence-corrected chi connectivity index (χ4v) is 2.46. The van der Waals surface area contributed by atoms with Gasteiger partial charge in [-0.15, -0.1) is 0 Å². The molecule has 0 saturated carbocycles. The molecule has 1 aliphatic heterocycles. The zero-order chi connectivity index (χ0) is 14.2. The Kier molecular flexibility index (Phi) is 3.82. The molecule has 0 aliphatic carbocycles. The molecule has 1 heterocycles. The number of ether oxygens (including phenoxy) is 1. The summed E-state index contributed by atoms with van der Waals surface area (Å²) in [5, 5.41) is 26.9. The van der Waals surface area contributed by atoms with Crippen LogP contribution in [0.2, 0.25) is 0 Å². The minimum absolute atomic E-state index is 0.537. The van der Waals surface area contributed by atoms with Gasteiger partial charge in [-0.3, -0.25) is 9.09 Å². The van der Waals surface area contributed by atoms with Gasteiger partial charge in [-0.1, -0.05) is 0 Å². The first kappa shape index (κ1) is 15.0. The van der Waals surface area contributed by atoms with E-state index in [1.807, 2.05) is 0 Å². The molecule has 0 aromatic carbocycles. The van der Waals surface area contributed by atoms with Crippen LogP contribution >= 0.6 is 7.37 Å². The summed E-state index contributed by atoms with van der Waals surface area (Å²) in [5.74, 6) is -6.26. The van der Waals surface area contributed by atoms with E-state index in [9.17, 15) is 19.3 Å². The zero-order valence-corrected chi connectivity index (χ0v) is 10.2. The number of hydrogen-bond donors (Lipinski definition) is 3. The Bertz CT molecular complexity index is 411. The fourth-order valence-electron chi connectivity index (χ4n) is 0.854. The van der Waals surface area contributed by atoms with Crippen molar-refractivity contribution >= 4 is 19.3 Å². The average molecular weight is 286 g/mol. The molecule has 1 saturated heterocycles. The lowest BCUT2D eigenvalue weighted by Gasteiger charge is -2.12. The van der Waals surface area contributed by atoms with Gasteiger partial charge < -0.3 is 20.1 Å². The number of carbonyl (C=O) groups excluding carboxylic acids is 2. The summed E-state index contributed by atoms with van der Waals surface area (Å²) in [6.07, 6.45) is -0.537. The Morgan fingerprint density at radius 1 is 1.39 bits per heavy atom. The normalized spacial score (nSPS) is 30.7. The molecule has 0 aromatic heterocycles. The monoisotopic (exact) mass is 286 g/mol. The number of hydrogen-bond acceptors (Lipinski definition) is 10. The van der Waals surface area contributed by atoms with Crippen LogP contribution in [0.25, 0.3) is 0 Å². The van der Waals surface area contributed by atoms with Crippen molar-refractivity contribution in [2.45, 2.75) is 18.2 Å². The van der Waals surface area contributed by atoms with Crippen LogP contribution in [0, 0.1) is 0 Å². The van der Waals surface area contributed by atoms with Crippen LogP contribution in [-0.2, 0) is 33.2 Å². The molecule has 11 heteroatoms. The lowest BCUT2D eigenvalue weighted by Crippen LogP contribution is -2.38. The molecule has 1 fully saturated rings. The predicted octanol–water partition coefficient (Wildman–Crippen LogP) is -1.75. The molecule has 3 N–H and O–H groups in total. The molecule has 18 heavy (non-hydrogen) atoms. The lowest BCUT2D eigenvalue weighted by molar-refractivity contribution is -0.293. The van der Waals surface area contributed by atoms with E-state index in [1.165, 1.54) is 0 Å². The van der Waals surface area contributed by atoms with E-state index >= 15 is 0 Å². The van der Waals surface area contributed by atoms with Crippen molar-refractivity contribution in [3.63, 3.8) is 0 Å². The number of methoxy groups -OCH3 is 1. The predicted molar refractivity (Wildman–Crippen MR) is 50.5 cm³/mol. The Hall–Kier alpha value is -1.03. The van der Waals surface area contributed by atoms with E-state index < -0.39 is 37.0 Å². The molecule has 1 rings (SSSR count). The molecule has 0 radical (unpaired) electrons. The average Bonchev–Trinajstić information content (AvgIpc) is 2.77. The molecule has 0 aromatic rings. The maximum Gasteiger partial charge on any atom is 0.425 e. The van der Waals surface area contributed by atoms with Gasteiger partial charge in [-0.25, -0.2) is 19.4 Å². The van der Waals surface area contributed by atoms with Gasteiger partial charge in [0.15, 0.2) is 0 Å². The molecule has 10 nitrogen and oxygen atoms in total. The van der Waals surface area contributed by atoms with Gasteiger partial charge in [0.05, 0.1) is 0 Å². The maximum absolute atomic E-state index is 11.5. The highest BCUT2D eigenvalue weighted by Crippen LogP contribution is 2.76. The third-order valence-corrected chi connectivity index (χ3v) is 4.04. The van der Waals surface area contributed by atoms with Crippen molar-refractivity contribution in [2.24, 2.45) is 0 Å². The quantitative estimate of drug-likeness (QED) is 0.178. The van der Waals surface area contributed by atoms with Crippen molar-refractivity contribution in [1.82, 2.24) is 0 Å². The SMILES string of the molecule is COCP1(=O)OC1(O)C(=O)OOC(=O)C(C)(O)O. The van der Waals surface area contributed by atoms with Crippen molar-refractivity contribution in [1.29, 1.82) is 0 Å². The van der Waals surface area contributed by atoms with Gasteiger partial charge >= 0.3 is 24.8 Å². The van der Waals surface area contributed by atoms with Crippen LogP contribution in [0.5, 0.6) is 0 Å². The topological polar surface area (TPSA) is 152 Å². The third kappa shape index (κ3) is 2.69. The van der Waals surface area contributed by atoms with Crippen molar-refractivity contribution in [3.8, 4) is 0 Å². The second-order valence-electron chi connectivity index (χ2n) is 3.55. The summed E-state index contributed by atoms with van der Waals surface area (Å²) in [6, 6.07) is 0. The summed E-state index contributed by atoms with van der Waals surface area (Å²) < 4.78 is 20.3. The van der Waals surface area contributed by atoms with Gasteiger partial charge in [0, 0.05) is 14.0 Å². The van der Waals surface area contributed by atoms with E-state index in [0.29, 0.717) is 6.92 Å². The molecule has 0 spiro atoms. The standard InChI is InChI=1S/C7H11O10P/c1-6(10,11)4(8)15-16-5(9)7(12)17-18(7,13)3-14-2/h10-12H,3H2,1-2H3. The van der Waals surface area contributed by atoms with Crippen LogP contribution in [0.15, 0.2) is 0 Å². The summed E-state index contributed by atoms with van der Waals surface area (Å²) >= 11 is 0. The zero-order valence-electron chi connectivity index (χ0n) is 9.35. The first-order valence-corrected chi connectivity index (χ1v) is 6.27. The van der Waals surface area contributed by atoms with E-state index in [1.54, 1.807) is 0 Å². The molecule has 2 unspecified atom stereocenters. The van der Waals surface area contributed by atoms with Crippen molar-refractivity contribution < 1.29 is 48.5 Å². The lowest BCUT2D eigenvalue weighted by atomic mass is 10.3. The Balaban J connectivity index is 2.54. The fraction of sp³-hybridized carbons (Fsp3) is 0.714. The largest absolute Gasteiger partial charge is 0.425 e.